The summed E-state index contributed by atoms with van der Waals surface area (Å²) in [7, 11) is 0. The molecule has 6 heteroatoms. The Bertz CT molecular complexity index is 639. The first-order valence-electron chi connectivity index (χ1n) is 8.31. The third-order valence-corrected chi connectivity index (χ3v) is 4.46. The van der Waals surface area contributed by atoms with Crippen LogP contribution in [0.2, 0.25) is 0 Å². The van der Waals surface area contributed by atoms with Crippen molar-refractivity contribution in [3.8, 4) is 0 Å². The van der Waals surface area contributed by atoms with Crippen LogP contribution in [-0.2, 0) is 17.8 Å². The van der Waals surface area contributed by atoms with Gasteiger partial charge >= 0.3 is 0 Å². The van der Waals surface area contributed by atoms with Crippen molar-refractivity contribution in [1.29, 1.82) is 0 Å². The van der Waals surface area contributed by atoms with Crippen LogP contribution in [0.1, 0.15) is 43.6 Å². The van der Waals surface area contributed by atoms with Gasteiger partial charge in [-0.2, -0.15) is 0 Å². The maximum absolute atomic E-state index is 12.5. The molecular weight excluding hydrogens is 290 g/mol. The molecule has 122 valence electrons. The van der Waals surface area contributed by atoms with E-state index in [2.05, 4.69) is 26.4 Å². The summed E-state index contributed by atoms with van der Waals surface area (Å²) < 4.78 is 2.07. The predicted molar refractivity (Wildman–Crippen MR) is 86.8 cm³/mol. The third kappa shape index (κ3) is 3.75. The number of hydrogen-bond acceptors (Lipinski definition) is 4. The fraction of sp³-hybridized carbons (Fsp3) is 0.529. The Morgan fingerprint density at radius 3 is 3.00 bits per heavy atom. The average molecular weight is 313 g/mol. The fourth-order valence-corrected chi connectivity index (χ4v) is 3.20. The normalized spacial score (nSPS) is 18.1. The lowest BCUT2D eigenvalue weighted by molar-refractivity contribution is -0.132. The number of aryl methyl sites for hydroxylation is 2. The molecule has 1 unspecified atom stereocenters. The molecule has 0 saturated carbocycles. The summed E-state index contributed by atoms with van der Waals surface area (Å²) in [5.41, 5.74) is 0.993. The van der Waals surface area contributed by atoms with Gasteiger partial charge in [-0.3, -0.25) is 14.8 Å². The highest BCUT2D eigenvalue weighted by Crippen LogP contribution is 2.25. The van der Waals surface area contributed by atoms with E-state index in [-0.39, 0.29) is 5.91 Å². The molecule has 1 aliphatic heterocycles. The van der Waals surface area contributed by atoms with Crippen LogP contribution in [-0.4, -0.2) is 43.4 Å². The zero-order valence-corrected chi connectivity index (χ0v) is 13.6. The molecule has 0 radical (unpaired) electrons. The minimum atomic E-state index is 0.217. The van der Waals surface area contributed by atoms with Crippen LogP contribution < -0.4 is 0 Å². The molecule has 2 aromatic rings. The highest BCUT2D eigenvalue weighted by molar-refractivity contribution is 5.76. The van der Waals surface area contributed by atoms with Crippen molar-refractivity contribution in [2.45, 2.75) is 45.1 Å². The molecule has 3 heterocycles. The van der Waals surface area contributed by atoms with E-state index >= 15 is 0 Å². The van der Waals surface area contributed by atoms with Gasteiger partial charge in [0.1, 0.15) is 5.82 Å². The maximum Gasteiger partial charge on any atom is 0.224 e. The second-order valence-electron chi connectivity index (χ2n) is 5.95. The van der Waals surface area contributed by atoms with Crippen LogP contribution in [0.4, 0.5) is 0 Å². The standard InChI is InChI=1S/C17H23N5O/c1-2-16-20-8-11-21(16)10-5-17(23)22-9-3-4-14(13-22)15-12-18-6-7-19-15/h6-8,11-12,14H,2-5,9-10,13H2,1H3. The molecule has 1 fully saturated rings. The van der Waals surface area contributed by atoms with Gasteiger partial charge in [-0.15, -0.1) is 0 Å². The summed E-state index contributed by atoms with van der Waals surface area (Å²) in [6, 6.07) is 0. The molecule has 3 rings (SSSR count). The van der Waals surface area contributed by atoms with E-state index in [1.165, 1.54) is 0 Å². The predicted octanol–water partition coefficient (Wildman–Crippen LogP) is 2.03. The highest BCUT2D eigenvalue weighted by atomic mass is 16.2. The van der Waals surface area contributed by atoms with Gasteiger partial charge in [-0.25, -0.2) is 4.98 Å². The molecule has 23 heavy (non-hydrogen) atoms. The number of aromatic nitrogens is 4. The zero-order chi connectivity index (χ0) is 16.1. The Labute approximate surface area is 136 Å². The van der Waals surface area contributed by atoms with Gasteiger partial charge in [0.05, 0.1) is 5.69 Å². The molecular formula is C17H23N5O. The van der Waals surface area contributed by atoms with Crippen molar-refractivity contribution in [2.75, 3.05) is 13.1 Å². The van der Waals surface area contributed by atoms with Crippen molar-refractivity contribution >= 4 is 5.91 Å². The van der Waals surface area contributed by atoms with E-state index in [1.807, 2.05) is 17.3 Å². The molecule has 1 amide bonds. The first-order valence-corrected chi connectivity index (χ1v) is 8.31. The van der Waals surface area contributed by atoms with Crippen molar-refractivity contribution < 1.29 is 4.79 Å². The van der Waals surface area contributed by atoms with Crippen molar-refractivity contribution in [2.24, 2.45) is 0 Å². The average Bonchev–Trinajstić information content (AvgIpc) is 3.08. The van der Waals surface area contributed by atoms with Gasteiger partial charge in [0.2, 0.25) is 5.91 Å². The van der Waals surface area contributed by atoms with Crippen LogP contribution in [0, 0.1) is 0 Å². The lowest BCUT2D eigenvalue weighted by atomic mass is 9.95. The zero-order valence-electron chi connectivity index (χ0n) is 13.6. The second-order valence-corrected chi connectivity index (χ2v) is 5.95. The van der Waals surface area contributed by atoms with Crippen LogP contribution >= 0.6 is 0 Å². The molecule has 1 atom stereocenters. The summed E-state index contributed by atoms with van der Waals surface area (Å²) >= 11 is 0. The van der Waals surface area contributed by atoms with E-state index in [1.54, 1.807) is 18.6 Å². The minimum absolute atomic E-state index is 0.217. The smallest absolute Gasteiger partial charge is 0.224 e. The van der Waals surface area contributed by atoms with Crippen molar-refractivity contribution in [3.05, 3.63) is 42.5 Å². The summed E-state index contributed by atoms with van der Waals surface area (Å²) in [4.78, 5) is 27.3. The largest absolute Gasteiger partial charge is 0.342 e. The van der Waals surface area contributed by atoms with Crippen molar-refractivity contribution in [1.82, 2.24) is 24.4 Å². The number of rotatable bonds is 5. The second kappa shape index (κ2) is 7.35. The van der Waals surface area contributed by atoms with Crippen molar-refractivity contribution in [3.63, 3.8) is 0 Å². The highest BCUT2D eigenvalue weighted by Gasteiger charge is 2.25. The molecule has 0 aromatic carbocycles. The summed E-state index contributed by atoms with van der Waals surface area (Å²) in [5.74, 6) is 1.56. The molecule has 1 aliphatic rings. The molecule has 0 N–H and O–H groups in total. The molecule has 0 bridgehead atoms. The lowest BCUT2D eigenvalue weighted by Crippen LogP contribution is -2.39. The van der Waals surface area contributed by atoms with E-state index in [0.717, 1.165) is 43.9 Å². The number of nitrogens with zero attached hydrogens (tertiary/aromatic N) is 5. The Hall–Kier alpha value is -2.24. The third-order valence-electron chi connectivity index (χ3n) is 4.46. The molecule has 1 saturated heterocycles. The number of imidazole rings is 1. The monoisotopic (exact) mass is 313 g/mol. The van der Waals surface area contributed by atoms with Gasteiger partial charge in [-0.1, -0.05) is 6.92 Å². The van der Waals surface area contributed by atoms with E-state index in [9.17, 15) is 4.79 Å². The first kappa shape index (κ1) is 15.6. The van der Waals surface area contributed by atoms with Crippen LogP contribution in [0.25, 0.3) is 0 Å². The molecule has 0 aliphatic carbocycles. The Morgan fingerprint density at radius 1 is 1.30 bits per heavy atom. The number of hydrogen-bond donors (Lipinski definition) is 0. The van der Waals surface area contributed by atoms with E-state index < -0.39 is 0 Å². The van der Waals surface area contributed by atoms with Crippen LogP contribution in [0.15, 0.2) is 31.0 Å². The van der Waals surface area contributed by atoms with Gasteiger partial charge in [-0.05, 0) is 12.8 Å². The Kier molecular flexibility index (Phi) is 5.00. The summed E-state index contributed by atoms with van der Waals surface area (Å²) in [6.45, 7) is 4.38. The number of piperidine rings is 1. The van der Waals surface area contributed by atoms with Gasteiger partial charge in [0, 0.05) is 69.4 Å². The number of amides is 1. The molecule has 0 spiro atoms. The number of carbonyl (C=O) groups excluding carboxylic acids is 1. The fourth-order valence-electron chi connectivity index (χ4n) is 3.20. The Morgan fingerprint density at radius 2 is 2.22 bits per heavy atom. The van der Waals surface area contributed by atoms with Gasteiger partial charge in [0.25, 0.3) is 0 Å². The maximum atomic E-state index is 12.5. The topological polar surface area (TPSA) is 63.9 Å². The van der Waals surface area contributed by atoms with Gasteiger partial charge in [0.15, 0.2) is 0 Å². The summed E-state index contributed by atoms with van der Waals surface area (Å²) in [6.07, 6.45) is 12.5. The molecule has 6 nitrogen and oxygen atoms in total. The minimum Gasteiger partial charge on any atom is -0.342 e. The van der Waals surface area contributed by atoms with E-state index in [0.29, 0.717) is 18.9 Å². The van der Waals surface area contributed by atoms with Crippen LogP contribution in [0.3, 0.4) is 0 Å². The quantitative estimate of drug-likeness (QED) is 0.847. The van der Waals surface area contributed by atoms with E-state index in [4.69, 9.17) is 0 Å². The SMILES string of the molecule is CCc1nccn1CCC(=O)N1CCCC(c2cnccn2)C1. The molecule has 2 aromatic heterocycles. The van der Waals surface area contributed by atoms with Gasteiger partial charge < -0.3 is 9.47 Å². The lowest BCUT2D eigenvalue weighted by Gasteiger charge is -2.32. The number of carbonyl (C=O) groups is 1. The first-order chi connectivity index (χ1) is 11.3. The Balaban J connectivity index is 1.57. The van der Waals surface area contributed by atoms with Crippen LogP contribution in [0.5, 0.6) is 0 Å². The number of likely N-dealkylation sites (tertiary alicyclic amines) is 1. The summed E-state index contributed by atoms with van der Waals surface area (Å²) in [5, 5.41) is 0.